The minimum atomic E-state index is -0.251. The van der Waals surface area contributed by atoms with Gasteiger partial charge in [0.05, 0.1) is 6.61 Å². The van der Waals surface area contributed by atoms with E-state index in [-0.39, 0.29) is 12.1 Å². The summed E-state index contributed by atoms with van der Waals surface area (Å²) < 4.78 is 5.34. The van der Waals surface area contributed by atoms with Gasteiger partial charge < -0.3 is 9.72 Å². The standard InChI is InChI=1S/C22H24N2O2/c1-4-26-22(25)24-12-11-17-18-13-15(3)7-10-19(18)23-20(17)21(24)16-8-5-14(2)6-9-16/h5-10,13,21,23H,4,11-12H2,1-3H3. The summed E-state index contributed by atoms with van der Waals surface area (Å²) in [7, 11) is 0. The summed E-state index contributed by atoms with van der Waals surface area (Å²) in [5.41, 5.74) is 7.11. The molecule has 0 fully saturated rings. The first-order valence-electron chi connectivity index (χ1n) is 9.19. The van der Waals surface area contributed by atoms with Crippen molar-refractivity contribution in [2.24, 2.45) is 0 Å². The Morgan fingerprint density at radius 2 is 1.88 bits per heavy atom. The van der Waals surface area contributed by atoms with Gasteiger partial charge in [-0.05, 0) is 50.5 Å². The van der Waals surface area contributed by atoms with Crippen LogP contribution in [0.5, 0.6) is 0 Å². The summed E-state index contributed by atoms with van der Waals surface area (Å²) >= 11 is 0. The highest BCUT2D eigenvalue weighted by Crippen LogP contribution is 2.39. The van der Waals surface area contributed by atoms with E-state index < -0.39 is 0 Å². The van der Waals surface area contributed by atoms with Gasteiger partial charge in [-0.15, -0.1) is 0 Å². The lowest BCUT2D eigenvalue weighted by Crippen LogP contribution is -2.40. The minimum absolute atomic E-state index is 0.147. The summed E-state index contributed by atoms with van der Waals surface area (Å²) in [4.78, 5) is 18.0. The van der Waals surface area contributed by atoms with Crippen molar-refractivity contribution in [3.63, 3.8) is 0 Å². The first-order chi connectivity index (χ1) is 12.6. The van der Waals surface area contributed by atoms with E-state index in [4.69, 9.17) is 4.74 Å². The highest BCUT2D eigenvalue weighted by molar-refractivity contribution is 5.86. The number of amides is 1. The van der Waals surface area contributed by atoms with E-state index >= 15 is 0 Å². The molecule has 0 saturated heterocycles. The number of rotatable bonds is 2. The number of fused-ring (bicyclic) bond motifs is 3. The van der Waals surface area contributed by atoms with Crippen LogP contribution in [0.4, 0.5) is 4.79 Å². The van der Waals surface area contributed by atoms with Crippen LogP contribution in [0, 0.1) is 13.8 Å². The second-order valence-corrected chi connectivity index (χ2v) is 7.02. The van der Waals surface area contributed by atoms with E-state index in [1.165, 1.54) is 22.1 Å². The molecule has 1 aromatic heterocycles. The molecule has 134 valence electrons. The molecule has 1 amide bonds. The lowest BCUT2D eigenvalue weighted by molar-refractivity contribution is 0.0932. The molecule has 4 nitrogen and oxygen atoms in total. The van der Waals surface area contributed by atoms with Crippen molar-refractivity contribution < 1.29 is 9.53 Å². The van der Waals surface area contributed by atoms with Crippen LogP contribution in [0.1, 0.15) is 40.9 Å². The SMILES string of the molecule is CCOC(=O)N1CCc2c([nH]c3ccc(C)cc23)C1c1ccc(C)cc1. The van der Waals surface area contributed by atoms with E-state index in [0.29, 0.717) is 13.2 Å². The quantitative estimate of drug-likeness (QED) is 0.717. The molecule has 1 aliphatic heterocycles. The number of hydrogen-bond donors (Lipinski definition) is 1. The number of hydrogen-bond acceptors (Lipinski definition) is 2. The van der Waals surface area contributed by atoms with E-state index in [2.05, 4.69) is 61.3 Å². The molecule has 1 unspecified atom stereocenters. The van der Waals surface area contributed by atoms with Crippen molar-refractivity contribution in [2.45, 2.75) is 33.2 Å². The fourth-order valence-electron chi connectivity index (χ4n) is 3.90. The van der Waals surface area contributed by atoms with Crippen LogP contribution in [0.2, 0.25) is 0 Å². The van der Waals surface area contributed by atoms with Crippen LogP contribution in [0.3, 0.4) is 0 Å². The molecule has 0 saturated carbocycles. The molecular weight excluding hydrogens is 324 g/mol. The zero-order valence-electron chi connectivity index (χ0n) is 15.5. The third-order valence-electron chi connectivity index (χ3n) is 5.18. The van der Waals surface area contributed by atoms with Gasteiger partial charge in [0.25, 0.3) is 0 Å². The first kappa shape index (κ1) is 16.7. The second-order valence-electron chi connectivity index (χ2n) is 7.02. The Morgan fingerprint density at radius 3 is 2.62 bits per heavy atom. The molecule has 0 spiro atoms. The van der Waals surface area contributed by atoms with Gasteiger partial charge in [-0.25, -0.2) is 4.79 Å². The summed E-state index contributed by atoms with van der Waals surface area (Å²) in [6, 6.07) is 14.7. The van der Waals surface area contributed by atoms with Crippen LogP contribution >= 0.6 is 0 Å². The highest BCUT2D eigenvalue weighted by atomic mass is 16.6. The number of aryl methyl sites for hydroxylation is 2. The number of H-pyrrole nitrogens is 1. The van der Waals surface area contributed by atoms with Crippen molar-refractivity contribution in [3.05, 3.63) is 70.4 Å². The maximum absolute atomic E-state index is 12.6. The Kier molecular flexibility index (Phi) is 4.19. The average Bonchev–Trinajstić information content (AvgIpc) is 3.00. The second kappa shape index (κ2) is 6.52. The van der Waals surface area contributed by atoms with Gasteiger partial charge in [-0.3, -0.25) is 4.90 Å². The average molecular weight is 348 g/mol. The normalized spacial score (nSPS) is 16.6. The molecule has 0 radical (unpaired) electrons. The van der Waals surface area contributed by atoms with Gasteiger partial charge in [0.2, 0.25) is 0 Å². The molecular formula is C22H24N2O2. The fraction of sp³-hybridized carbons (Fsp3) is 0.318. The molecule has 3 aromatic rings. The largest absolute Gasteiger partial charge is 0.450 e. The Labute approximate surface area is 153 Å². The van der Waals surface area contributed by atoms with Gasteiger partial charge in [-0.2, -0.15) is 0 Å². The van der Waals surface area contributed by atoms with Crippen molar-refractivity contribution >= 4 is 17.0 Å². The molecule has 4 rings (SSSR count). The molecule has 1 N–H and O–H groups in total. The zero-order valence-corrected chi connectivity index (χ0v) is 15.5. The third kappa shape index (κ3) is 2.75. The smallest absolute Gasteiger partial charge is 0.410 e. The predicted octanol–water partition coefficient (Wildman–Crippen LogP) is 4.89. The third-order valence-corrected chi connectivity index (χ3v) is 5.18. The highest BCUT2D eigenvalue weighted by Gasteiger charge is 2.35. The number of ether oxygens (including phenoxy) is 1. The summed E-state index contributed by atoms with van der Waals surface area (Å²) in [5, 5.41) is 1.26. The summed E-state index contributed by atoms with van der Waals surface area (Å²) in [6.45, 7) is 7.08. The predicted molar refractivity (Wildman–Crippen MR) is 103 cm³/mol. The molecule has 0 bridgehead atoms. The van der Waals surface area contributed by atoms with Crippen molar-refractivity contribution in [3.8, 4) is 0 Å². The van der Waals surface area contributed by atoms with Crippen molar-refractivity contribution in [1.82, 2.24) is 9.88 Å². The molecule has 1 aliphatic rings. The van der Waals surface area contributed by atoms with E-state index in [0.717, 1.165) is 23.2 Å². The molecule has 2 heterocycles. The van der Waals surface area contributed by atoms with Gasteiger partial charge in [-0.1, -0.05) is 41.5 Å². The van der Waals surface area contributed by atoms with Crippen LogP contribution in [-0.4, -0.2) is 29.1 Å². The Morgan fingerprint density at radius 1 is 1.15 bits per heavy atom. The molecule has 26 heavy (non-hydrogen) atoms. The lowest BCUT2D eigenvalue weighted by atomic mass is 9.92. The molecule has 2 aromatic carbocycles. The number of nitrogens with one attached hydrogen (secondary N) is 1. The van der Waals surface area contributed by atoms with Crippen LogP contribution in [0.15, 0.2) is 42.5 Å². The Balaban J connectivity index is 1.88. The maximum Gasteiger partial charge on any atom is 0.410 e. The van der Waals surface area contributed by atoms with Gasteiger partial charge >= 0.3 is 6.09 Å². The Bertz CT molecular complexity index is 956. The number of aromatic nitrogens is 1. The first-order valence-corrected chi connectivity index (χ1v) is 9.19. The Hall–Kier alpha value is -2.75. The minimum Gasteiger partial charge on any atom is -0.450 e. The van der Waals surface area contributed by atoms with E-state index in [9.17, 15) is 4.79 Å². The molecule has 0 aliphatic carbocycles. The van der Waals surface area contributed by atoms with E-state index in [1.54, 1.807) is 0 Å². The van der Waals surface area contributed by atoms with Gasteiger partial charge in [0.15, 0.2) is 0 Å². The van der Waals surface area contributed by atoms with Gasteiger partial charge in [0, 0.05) is 23.1 Å². The summed E-state index contributed by atoms with van der Waals surface area (Å²) in [6.07, 6.45) is 0.582. The van der Waals surface area contributed by atoms with Crippen LogP contribution in [0.25, 0.3) is 10.9 Å². The number of nitrogens with zero attached hydrogens (tertiary/aromatic N) is 1. The topological polar surface area (TPSA) is 45.3 Å². The van der Waals surface area contributed by atoms with Crippen LogP contribution < -0.4 is 0 Å². The fourth-order valence-corrected chi connectivity index (χ4v) is 3.90. The maximum atomic E-state index is 12.6. The number of carbonyl (C=O) groups excluding carboxylic acids is 1. The monoisotopic (exact) mass is 348 g/mol. The van der Waals surface area contributed by atoms with Crippen molar-refractivity contribution in [1.29, 1.82) is 0 Å². The van der Waals surface area contributed by atoms with Crippen molar-refractivity contribution in [2.75, 3.05) is 13.2 Å². The number of benzene rings is 2. The molecule has 1 atom stereocenters. The van der Waals surface area contributed by atoms with E-state index in [1.807, 2.05) is 11.8 Å². The summed E-state index contributed by atoms with van der Waals surface area (Å²) in [5.74, 6) is 0. The number of carbonyl (C=O) groups is 1. The number of aromatic amines is 1. The molecule has 4 heteroatoms. The zero-order chi connectivity index (χ0) is 18.3. The lowest BCUT2D eigenvalue weighted by Gasteiger charge is -2.35. The van der Waals surface area contributed by atoms with Gasteiger partial charge in [0.1, 0.15) is 6.04 Å². The van der Waals surface area contributed by atoms with Crippen LogP contribution in [-0.2, 0) is 11.2 Å².